The average molecular weight is 268 g/mol. The van der Waals surface area contributed by atoms with Gasteiger partial charge in [0.05, 0.1) is 6.61 Å². The van der Waals surface area contributed by atoms with Gasteiger partial charge in [-0.2, -0.15) is 5.26 Å². The SMILES string of the molecule is Cc1ccc(OCCCn2c(C)cc(C)c2C#N)cc1. The third-order valence-corrected chi connectivity index (χ3v) is 3.42. The molecular formula is C17H20N2O. The van der Waals surface area contributed by atoms with Crippen LogP contribution in [-0.4, -0.2) is 11.2 Å². The summed E-state index contributed by atoms with van der Waals surface area (Å²) in [6.07, 6.45) is 0.886. The molecule has 2 rings (SSSR count). The molecule has 0 atom stereocenters. The van der Waals surface area contributed by atoms with E-state index in [9.17, 15) is 5.26 Å². The van der Waals surface area contributed by atoms with E-state index in [-0.39, 0.29) is 0 Å². The molecule has 0 aliphatic rings. The van der Waals surface area contributed by atoms with E-state index < -0.39 is 0 Å². The minimum atomic E-state index is 0.657. The van der Waals surface area contributed by atoms with Crippen LogP contribution in [0.4, 0.5) is 0 Å². The summed E-state index contributed by atoms with van der Waals surface area (Å²) >= 11 is 0. The Hall–Kier alpha value is -2.21. The maximum Gasteiger partial charge on any atom is 0.123 e. The van der Waals surface area contributed by atoms with Gasteiger partial charge in [0.2, 0.25) is 0 Å². The predicted molar refractivity (Wildman–Crippen MR) is 79.9 cm³/mol. The summed E-state index contributed by atoms with van der Waals surface area (Å²) < 4.78 is 7.77. The molecule has 20 heavy (non-hydrogen) atoms. The molecule has 0 aliphatic heterocycles. The van der Waals surface area contributed by atoms with Crippen LogP contribution in [0.2, 0.25) is 0 Å². The Morgan fingerprint density at radius 1 is 1.15 bits per heavy atom. The van der Waals surface area contributed by atoms with E-state index in [1.54, 1.807) is 0 Å². The molecular weight excluding hydrogens is 248 g/mol. The first-order valence-electron chi connectivity index (χ1n) is 6.88. The highest BCUT2D eigenvalue weighted by atomic mass is 16.5. The summed E-state index contributed by atoms with van der Waals surface area (Å²) in [5, 5.41) is 9.17. The second-order valence-electron chi connectivity index (χ2n) is 5.10. The van der Waals surface area contributed by atoms with Gasteiger partial charge < -0.3 is 9.30 Å². The van der Waals surface area contributed by atoms with E-state index >= 15 is 0 Å². The number of aromatic nitrogens is 1. The van der Waals surface area contributed by atoms with Crippen molar-refractivity contribution in [3.63, 3.8) is 0 Å². The number of ether oxygens (including phenoxy) is 1. The summed E-state index contributed by atoms with van der Waals surface area (Å²) in [5.41, 5.74) is 4.17. The summed E-state index contributed by atoms with van der Waals surface area (Å²) in [7, 11) is 0. The molecule has 0 bridgehead atoms. The van der Waals surface area contributed by atoms with Crippen LogP contribution in [0.25, 0.3) is 0 Å². The molecule has 0 spiro atoms. The Bertz CT molecular complexity index is 618. The largest absolute Gasteiger partial charge is 0.494 e. The third-order valence-electron chi connectivity index (χ3n) is 3.42. The van der Waals surface area contributed by atoms with Gasteiger partial charge in [-0.3, -0.25) is 0 Å². The highest BCUT2D eigenvalue weighted by Gasteiger charge is 2.08. The Morgan fingerprint density at radius 3 is 2.50 bits per heavy atom. The van der Waals surface area contributed by atoms with Crippen molar-refractivity contribution < 1.29 is 4.74 Å². The fraction of sp³-hybridized carbons (Fsp3) is 0.353. The lowest BCUT2D eigenvalue weighted by Crippen LogP contribution is -2.07. The quantitative estimate of drug-likeness (QED) is 0.774. The summed E-state index contributed by atoms with van der Waals surface area (Å²) in [6, 6.07) is 12.4. The van der Waals surface area contributed by atoms with Gasteiger partial charge in [0, 0.05) is 12.2 Å². The van der Waals surface area contributed by atoms with E-state index in [1.165, 1.54) is 5.56 Å². The van der Waals surface area contributed by atoms with Gasteiger partial charge in [-0.05, 0) is 51.0 Å². The second kappa shape index (κ2) is 6.29. The summed E-state index contributed by atoms with van der Waals surface area (Å²) in [4.78, 5) is 0. The maximum atomic E-state index is 9.17. The number of rotatable bonds is 5. The molecule has 0 N–H and O–H groups in total. The minimum Gasteiger partial charge on any atom is -0.494 e. The van der Waals surface area contributed by atoms with Crippen LogP contribution >= 0.6 is 0 Å². The van der Waals surface area contributed by atoms with Crippen molar-refractivity contribution in [3.8, 4) is 11.8 Å². The summed E-state index contributed by atoms with van der Waals surface area (Å²) in [6.45, 7) is 7.54. The molecule has 104 valence electrons. The van der Waals surface area contributed by atoms with Gasteiger partial charge in [-0.1, -0.05) is 17.7 Å². The number of nitriles is 1. The zero-order chi connectivity index (χ0) is 14.5. The topological polar surface area (TPSA) is 38.0 Å². The average Bonchev–Trinajstić information content (AvgIpc) is 2.70. The lowest BCUT2D eigenvalue weighted by molar-refractivity contribution is 0.301. The van der Waals surface area contributed by atoms with Crippen LogP contribution < -0.4 is 4.74 Å². The van der Waals surface area contributed by atoms with E-state index in [0.717, 1.165) is 35.7 Å². The van der Waals surface area contributed by atoms with Crippen LogP contribution in [0.1, 0.15) is 28.9 Å². The lowest BCUT2D eigenvalue weighted by Gasteiger charge is -2.09. The molecule has 3 nitrogen and oxygen atoms in total. The van der Waals surface area contributed by atoms with Gasteiger partial charge >= 0.3 is 0 Å². The van der Waals surface area contributed by atoms with Crippen LogP contribution in [0.15, 0.2) is 30.3 Å². The highest BCUT2D eigenvalue weighted by Crippen LogP contribution is 2.15. The fourth-order valence-corrected chi connectivity index (χ4v) is 2.33. The van der Waals surface area contributed by atoms with E-state index in [4.69, 9.17) is 4.74 Å². The first-order valence-corrected chi connectivity index (χ1v) is 6.88. The monoisotopic (exact) mass is 268 g/mol. The van der Waals surface area contributed by atoms with Crippen molar-refractivity contribution in [1.29, 1.82) is 5.26 Å². The van der Waals surface area contributed by atoms with Crippen molar-refractivity contribution in [2.24, 2.45) is 0 Å². The molecule has 0 radical (unpaired) electrons. The van der Waals surface area contributed by atoms with Gasteiger partial charge in [0.1, 0.15) is 17.5 Å². The lowest BCUT2D eigenvalue weighted by atomic mass is 10.2. The molecule has 0 saturated heterocycles. The Kier molecular flexibility index (Phi) is 4.47. The summed E-state index contributed by atoms with van der Waals surface area (Å²) in [5.74, 6) is 0.900. The predicted octanol–water partition coefficient (Wildman–Crippen LogP) is 3.75. The first-order chi connectivity index (χ1) is 9.61. The van der Waals surface area contributed by atoms with Crippen molar-refractivity contribution in [3.05, 3.63) is 52.8 Å². The molecule has 0 aliphatic carbocycles. The molecule has 1 heterocycles. The molecule has 1 aromatic heterocycles. The standard InChI is InChI=1S/C17H20N2O/c1-13-5-7-16(8-6-13)20-10-4-9-19-15(3)11-14(2)17(19)12-18/h5-8,11H,4,9-10H2,1-3H3. The van der Waals surface area contributed by atoms with E-state index in [1.807, 2.05) is 38.1 Å². The number of hydrogen-bond acceptors (Lipinski definition) is 2. The molecule has 3 heteroatoms. The van der Waals surface area contributed by atoms with Crippen molar-refractivity contribution in [2.75, 3.05) is 6.61 Å². The zero-order valence-electron chi connectivity index (χ0n) is 12.3. The smallest absolute Gasteiger partial charge is 0.123 e. The molecule has 0 unspecified atom stereocenters. The third kappa shape index (κ3) is 3.21. The van der Waals surface area contributed by atoms with Crippen LogP contribution in [0.3, 0.4) is 0 Å². The van der Waals surface area contributed by atoms with Gasteiger partial charge in [-0.25, -0.2) is 0 Å². The number of hydrogen-bond donors (Lipinski definition) is 0. The van der Waals surface area contributed by atoms with E-state index in [2.05, 4.69) is 23.6 Å². The normalized spacial score (nSPS) is 10.3. The number of benzene rings is 1. The van der Waals surface area contributed by atoms with Crippen LogP contribution in [0, 0.1) is 32.1 Å². The number of nitrogens with zero attached hydrogens (tertiary/aromatic N) is 2. The second-order valence-corrected chi connectivity index (χ2v) is 5.10. The molecule has 0 saturated carbocycles. The van der Waals surface area contributed by atoms with Gasteiger partial charge in [-0.15, -0.1) is 0 Å². The molecule has 0 amide bonds. The maximum absolute atomic E-state index is 9.17. The van der Waals surface area contributed by atoms with Gasteiger partial charge in [0.15, 0.2) is 0 Å². The van der Waals surface area contributed by atoms with Gasteiger partial charge in [0.25, 0.3) is 0 Å². The van der Waals surface area contributed by atoms with Crippen LogP contribution in [-0.2, 0) is 6.54 Å². The first kappa shape index (κ1) is 14.2. The molecule has 0 fully saturated rings. The Balaban J connectivity index is 1.88. The van der Waals surface area contributed by atoms with Crippen molar-refractivity contribution >= 4 is 0 Å². The Morgan fingerprint density at radius 2 is 1.85 bits per heavy atom. The number of aryl methyl sites for hydroxylation is 3. The van der Waals surface area contributed by atoms with Crippen molar-refractivity contribution in [2.45, 2.75) is 33.7 Å². The fourth-order valence-electron chi connectivity index (χ4n) is 2.33. The molecule has 2 aromatic rings. The minimum absolute atomic E-state index is 0.657. The van der Waals surface area contributed by atoms with Crippen molar-refractivity contribution in [1.82, 2.24) is 4.57 Å². The molecule has 1 aromatic carbocycles. The zero-order valence-corrected chi connectivity index (χ0v) is 12.3. The highest BCUT2D eigenvalue weighted by molar-refractivity contribution is 5.35. The van der Waals surface area contributed by atoms with Crippen LogP contribution in [0.5, 0.6) is 5.75 Å². The van der Waals surface area contributed by atoms with E-state index in [0.29, 0.717) is 6.61 Å². The Labute approximate surface area is 120 Å².